The van der Waals surface area contributed by atoms with E-state index in [0.717, 1.165) is 11.1 Å². The summed E-state index contributed by atoms with van der Waals surface area (Å²) in [6.07, 6.45) is 0.943. The summed E-state index contributed by atoms with van der Waals surface area (Å²) < 4.78 is 10.2. The lowest BCUT2D eigenvalue weighted by Gasteiger charge is -2.09. The Morgan fingerprint density at radius 2 is 1.96 bits per heavy atom. The highest BCUT2D eigenvalue weighted by Crippen LogP contribution is 2.19. The van der Waals surface area contributed by atoms with Crippen LogP contribution in [0.15, 0.2) is 42.5 Å². The first-order valence-electron chi connectivity index (χ1n) is 8.41. The minimum atomic E-state index is -0.432. The van der Waals surface area contributed by atoms with Crippen LogP contribution in [0.2, 0.25) is 5.02 Å². The van der Waals surface area contributed by atoms with Crippen LogP contribution in [-0.2, 0) is 20.7 Å². The number of halogens is 1. The smallest absolute Gasteiger partial charge is 0.344 e. The zero-order chi connectivity index (χ0) is 18.9. The largest absolute Gasteiger partial charge is 0.482 e. The lowest BCUT2D eigenvalue weighted by Crippen LogP contribution is -2.15. The summed E-state index contributed by atoms with van der Waals surface area (Å²) in [5, 5.41) is 3.53. The molecule has 5 nitrogen and oxygen atoms in total. The van der Waals surface area contributed by atoms with E-state index in [4.69, 9.17) is 21.1 Å². The summed E-state index contributed by atoms with van der Waals surface area (Å²) in [7, 11) is 0. The molecule has 2 rings (SSSR count). The summed E-state index contributed by atoms with van der Waals surface area (Å²) in [5.41, 5.74) is 2.64. The number of anilines is 1. The Labute approximate surface area is 158 Å². The van der Waals surface area contributed by atoms with Gasteiger partial charge in [-0.05, 0) is 49.6 Å². The number of rotatable bonds is 8. The lowest BCUT2D eigenvalue weighted by molar-refractivity contribution is -0.145. The van der Waals surface area contributed by atoms with Crippen LogP contribution in [0.25, 0.3) is 0 Å². The van der Waals surface area contributed by atoms with E-state index in [1.165, 1.54) is 0 Å². The topological polar surface area (TPSA) is 64.6 Å². The number of ether oxygens (including phenoxy) is 2. The fraction of sp³-hybridized carbons (Fsp3) is 0.300. The highest BCUT2D eigenvalue weighted by Gasteiger charge is 2.07. The molecule has 1 amide bonds. The summed E-state index contributed by atoms with van der Waals surface area (Å²) in [6, 6.07) is 12.7. The van der Waals surface area contributed by atoms with Crippen molar-refractivity contribution in [2.24, 2.45) is 0 Å². The van der Waals surface area contributed by atoms with E-state index >= 15 is 0 Å². The fourth-order valence-electron chi connectivity index (χ4n) is 2.28. The Bertz CT molecular complexity index is 776. The number of esters is 1. The minimum Gasteiger partial charge on any atom is -0.482 e. The van der Waals surface area contributed by atoms with Crippen molar-refractivity contribution in [2.75, 3.05) is 18.5 Å². The molecule has 1 N–H and O–H groups in total. The Kier molecular flexibility index (Phi) is 7.48. The van der Waals surface area contributed by atoms with Gasteiger partial charge in [0.15, 0.2) is 6.61 Å². The van der Waals surface area contributed by atoms with Crippen molar-refractivity contribution >= 4 is 29.2 Å². The maximum atomic E-state index is 12.1. The first-order chi connectivity index (χ1) is 12.5. The van der Waals surface area contributed by atoms with Gasteiger partial charge in [0, 0.05) is 23.2 Å². The monoisotopic (exact) mass is 375 g/mol. The molecule has 0 aromatic heterocycles. The molecule has 0 bridgehead atoms. The molecule has 0 saturated carbocycles. The van der Waals surface area contributed by atoms with Crippen LogP contribution >= 0.6 is 11.6 Å². The van der Waals surface area contributed by atoms with Gasteiger partial charge in [-0.3, -0.25) is 4.79 Å². The maximum absolute atomic E-state index is 12.1. The van der Waals surface area contributed by atoms with Crippen LogP contribution < -0.4 is 10.1 Å². The SMILES string of the molecule is CCOC(=O)COc1cccc(NC(=O)CCc2ccc(C)c(Cl)c2)c1. The van der Waals surface area contributed by atoms with Gasteiger partial charge in [0.05, 0.1) is 6.61 Å². The molecule has 0 aliphatic carbocycles. The van der Waals surface area contributed by atoms with Crippen LogP contribution in [0, 0.1) is 6.92 Å². The quantitative estimate of drug-likeness (QED) is 0.703. The number of carbonyl (C=O) groups is 2. The second-order valence-corrected chi connectivity index (χ2v) is 6.16. The van der Waals surface area contributed by atoms with Crippen LogP contribution in [0.4, 0.5) is 5.69 Å². The molecule has 0 saturated heterocycles. The third-order valence-corrected chi connectivity index (χ3v) is 4.06. The van der Waals surface area contributed by atoms with E-state index in [1.54, 1.807) is 31.2 Å². The first-order valence-corrected chi connectivity index (χ1v) is 8.79. The van der Waals surface area contributed by atoms with Gasteiger partial charge in [0.2, 0.25) is 5.91 Å². The third-order valence-electron chi connectivity index (χ3n) is 3.66. The Balaban J connectivity index is 1.85. The predicted octanol–water partition coefficient (Wildman–Crippen LogP) is 4.16. The molecule has 26 heavy (non-hydrogen) atoms. The Morgan fingerprint density at radius 1 is 1.15 bits per heavy atom. The average Bonchev–Trinajstić information content (AvgIpc) is 2.61. The second-order valence-electron chi connectivity index (χ2n) is 5.75. The molecule has 138 valence electrons. The summed E-state index contributed by atoms with van der Waals surface area (Å²) >= 11 is 6.10. The number of benzene rings is 2. The van der Waals surface area contributed by atoms with Crippen LogP contribution in [0.3, 0.4) is 0 Å². The van der Waals surface area contributed by atoms with Crippen molar-refractivity contribution < 1.29 is 19.1 Å². The molecule has 0 fully saturated rings. The molecule has 2 aromatic rings. The van der Waals surface area contributed by atoms with Crippen molar-refractivity contribution in [2.45, 2.75) is 26.7 Å². The van der Waals surface area contributed by atoms with Gasteiger partial charge in [0.25, 0.3) is 0 Å². The summed E-state index contributed by atoms with van der Waals surface area (Å²) in [4.78, 5) is 23.5. The number of carbonyl (C=O) groups excluding carboxylic acids is 2. The van der Waals surface area contributed by atoms with E-state index < -0.39 is 5.97 Å². The van der Waals surface area contributed by atoms with E-state index in [2.05, 4.69) is 5.32 Å². The molecule has 0 heterocycles. The highest BCUT2D eigenvalue weighted by atomic mass is 35.5. The predicted molar refractivity (Wildman–Crippen MR) is 102 cm³/mol. The second kappa shape index (κ2) is 9.82. The maximum Gasteiger partial charge on any atom is 0.344 e. The number of amides is 1. The van der Waals surface area contributed by atoms with Gasteiger partial charge in [0.1, 0.15) is 5.75 Å². The molecule has 0 aliphatic rings. The number of aryl methyl sites for hydroxylation is 2. The van der Waals surface area contributed by atoms with Crippen molar-refractivity contribution in [3.63, 3.8) is 0 Å². The third kappa shape index (κ3) is 6.41. The van der Waals surface area contributed by atoms with Crippen LogP contribution in [0.1, 0.15) is 24.5 Å². The first kappa shape index (κ1) is 19.8. The molecule has 2 aromatic carbocycles. The standard InChI is InChI=1S/C20H22ClNO4/c1-3-25-20(24)13-26-17-6-4-5-16(12-17)22-19(23)10-9-15-8-7-14(2)18(21)11-15/h4-8,11-12H,3,9-10,13H2,1-2H3,(H,22,23). The lowest BCUT2D eigenvalue weighted by atomic mass is 10.1. The highest BCUT2D eigenvalue weighted by molar-refractivity contribution is 6.31. The summed E-state index contributed by atoms with van der Waals surface area (Å²) in [5.74, 6) is -0.0518. The van der Waals surface area contributed by atoms with Gasteiger partial charge in [-0.1, -0.05) is 29.8 Å². The molecule has 6 heteroatoms. The molecular weight excluding hydrogens is 354 g/mol. The molecule has 0 aliphatic heterocycles. The number of hydrogen-bond donors (Lipinski definition) is 1. The molecule has 0 spiro atoms. The van der Waals surface area contributed by atoms with Crippen LogP contribution in [0.5, 0.6) is 5.75 Å². The van der Waals surface area contributed by atoms with E-state index in [0.29, 0.717) is 35.9 Å². The van der Waals surface area contributed by atoms with E-state index in [-0.39, 0.29) is 12.5 Å². The normalized spacial score (nSPS) is 10.3. The zero-order valence-electron chi connectivity index (χ0n) is 14.9. The summed E-state index contributed by atoms with van der Waals surface area (Å²) in [6.45, 7) is 3.82. The van der Waals surface area contributed by atoms with Crippen molar-refractivity contribution in [3.05, 3.63) is 58.6 Å². The van der Waals surface area contributed by atoms with Gasteiger partial charge in [-0.2, -0.15) is 0 Å². The average molecular weight is 376 g/mol. The fourth-order valence-corrected chi connectivity index (χ4v) is 2.48. The van der Waals surface area contributed by atoms with Crippen molar-refractivity contribution in [1.29, 1.82) is 0 Å². The Morgan fingerprint density at radius 3 is 2.69 bits per heavy atom. The van der Waals surface area contributed by atoms with Crippen LogP contribution in [-0.4, -0.2) is 25.1 Å². The van der Waals surface area contributed by atoms with E-state index in [9.17, 15) is 9.59 Å². The molecular formula is C20H22ClNO4. The molecule has 0 atom stereocenters. The van der Waals surface area contributed by atoms with Crippen molar-refractivity contribution in [1.82, 2.24) is 0 Å². The van der Waals surface area contributed by atoms with Crippen molar-refractivity contribution in [3.8, 4) is 5.75 Å². The Hall–Kier alpha value is -2.53. The number of nitrogens with one attached hydrogen (secondary N) is 1. The van der Waals surface area contributed by atoms with E-state index in [1.807, 2.05) is 25.1 Å². The zero-order valence-corrected chi connectivity index (χ0v) is 15.6. The van der Waals surface area contributed by atoms with Gasteiger partial charge in [-0.25, -0.2) is 4.79 Å². The molecule has 0 radical (unpaired) electrons. The number of hydrogen-bond acceptors (Lipinski definition) is 4. The van der Waals surface area contributed by atoms with Gasteiger partial charge in [-0.15, -0.1) is 0 Å². The minimum absolute atomic E-state index is 0.107. The van der Waals surface area contributed by atoms with Gasteiger partial charge >= 0.3 is 5.97 Å². The molecule has 0 unspecified atom stereocenters. The van der Waals surface area contributed by atoms with Gasteiger partial charge < -0.3 is 14.8 Å².